The van der Waals surface area contributed by atoms with Gasteiger partial charge < -0.3 is 9.88 Å². The van der Waals surface area contributed by atoms with Crippen LogP contribution in [-0.4, -0.2) is 29.3 Å². The molecule has 0 unspecified atom stereocenters. The number of halogens is 3. The topological polar surface area (TPSA) is 93.4 Å². The van der Waals surface area contributed by atoms with Crippen molar-refractivity contribution in [2.24, 2.45) is 7.05 Å². The molecule has 3 aromatic heterocycles. The van der Waals surface area contributed by atoms with E-state index in [4.69, 9.17) is 0 Å². The summed E-state index contributed by atoms with van der Waals surface area (Å²) < 4.78 is 42.2. The molecule has 0 bridgehead atoms. The predicted octanol–water partition coefficient (Wildman–Crippen LogP) is 3.56. The second-order valence-corrected chi connectivity index (χ2v) is 7.13. The van der Waals surface area contributed by atoms with Crippen molar-refractivity contribution in [1.82, 2.24) is 29.3 Å². The highest BCUT2D eigenvalue weighted by molar-refractivity contribution is 5.77. The summed E-state index contributed by atoms with van der Waals surface area (Å²) >= 11 is 0. The molecule has 0 aliphatic rings. The van der Waals surface area contributed by atoms with E-state index in [1.807, 2.05) is 6.92 Å². The molecule has 0 atom stereocenters. The van der Waals surface area contributed by atoms with E-state index in [1.165, 1.54) is 6.07 Å². The van der Waals surface area contributed by atoms with Gasteiger partial charge in [-0.15, -0.1) is 0 Å². The Morgan fingerprint density at radius 1 is 1.23 bits per heavy atom. The second kappa shape index (κ2) is 7.89. The van der Waals surface area contributed by atoms with E-state index < -0.39 is 11.7 Å². The number of benzene rings is 1. The molecule has 11 heteroatoms. The smallest absolute Gasteiger partial charge is 0.352 e. The summed E-state index contributed by atoms with van der Waals surface area (Å²) in [6, 6.07) is 4.97. The van der Waals surface area contributed by atoms with Crippen LogP contribution >= 0.6 is 0 Å². The lowest BCUT2D eigenvalue weighted by atomic mass is 10.1. The number of hydrogen-bond donors (Lipinski definition) is 2. The average Bonchev–Trinajstić information content (AvgIpc) is 3.30. The van der Waals surface area contributed by atoms with Gasteiger partial charge in [0.2, 0.25) is 5.95 Å². The van der Waals surface area contributed by atoms with Gasteiger partial charge in [0.15, 0.2) is 11.2 Å². The molecule has 4 rings (SSSR count). The van der Waals surface area contributed by atoms with Crippen LogP contribution < -0.4 is 10.9 Å². The third-order valence-electron chi connectivity index (χ3n) is 4.74. The first-order valence-electron chi connectivity index (χ1n) is 9.66. The number of fused-ring (bicyclic) bond motifs is 1. The normalized spacial score (nSPS) is 11.9. The van der Waals surface area contributed by atoms with Crippen LogP contribution in [0.15, 0.2) is 41.5 Å². The summed E-state index contributed by atoms with van der Waals surface area (Å²) in [4.78, 5) is 24.3. The zero-order valence-corrected chi connectivity index (χ0v) is 16.9. The SMILES string of the molecule is CCCn1c(-c2cnn(C)c2)nc2nc(NCc3cccc(C(F)(F)F)c3)[nH]c(=O)c21. The largest absolute Gasteiger partial charge is 0.416 e. The molecule has 162 valence electrons. The molecule has 3 heterocycles. The van der Waals surface area contributed by atoms with Gasteiger partial charge in [0.1, 0.15) is 5.82 Å². The monoisotopic (exact) mass is 431 g/mol. The van der Waals surface area contributed by atoms with E-state index in [9.17, 15) is 18.0 Å². The number of imidazole rings is 1. The summed E-state index contributed by atoms with van der Waals surface area (Å²) in [6.07, 6.45) is -0.174. The fourth-order valence-electron chi connectivity index (χ4n) is 3.37. The highest BCUT2D eigenvalue weighted by Crippen LogP contribution is 2.29. The number of anilines is 1. The van der Waals surface area contributed by atoms with Gasteiger partial charge in [0.25, 0.3) is 5.56 Å². The maximum atomic E-state index is 12.9. The molecular formula is C20H20F3N7O. The van der Waals surface area contributed by atoms with Gasteiger partial charge in [-0.1, -0.05) is 19.1 Å². The number of aromatic amines is 1. The number of alkyl halides is 3. The average molecular weight is 431 g/mol. The van der Waals surface area contributed by atoms with Crippen LogP contribution in [0.1, 0.15) is 24.5 Å². The molecule has 31 heavy (non-hydrogen) atoms. The van der Waals surface area contributed by atoms with Crippen LogP contribution in [0.2, 0.25) is 0 Å². The number of rotatable bonds is 6. The molecule has 1 aromatic carbocycles. The summed E-state index contributed by atoms with van der Waals surface area (Å²) in [5, 5.41) is 7.03. The first-order valence-corrected chi connectivity index (χ1v) is 9.66. The molecule has 0 fully saturated rings. The van der Waals surface area contributed by atoms with Crippen molar-refractivity contribution in [3.05, 3.63) is 58.1 Å². The highest BCUT2D eigenvalue weighted by Gasteiger charge is 2.30. The minimum atomic E-state index is -4.42. The van der Waals surface area contributed by atoms with Gasteiger partial charge in [0.05, 0.1) is 17.3 Å². The van der Waals surface area contributed by atoms with E-state index in [1.54, 1.807) is 34.8 Å². The van der Waals surface area contributed by atoms with E-state index in [0.29, 0.717) is 23.4 Å². The van der Waals surface area contributed by atoms with Crippen molar-refractivity contribution in [1.29, 1.82) is 0 Å². The number of H-pyrrole nitrogens is 1. The zero-order valence-electron chi connectivity index (χ0n) is 16.9. The van der Waals surface area contributed by atoms with Gasteiger partial charge in [0, 0.05) is 26.3 Å². The lowest BCUT2D eigenvalue weighted by Crippen LogP contribution is -2.16. The Labute approximate surface area is 174 Å². The summed E-state index contributed by atoms with van der Waals surface area (Å²) in [5.41, 5.74) is 0.639. The van der Waals surface area contributed by atoms with Crippen molar-refractivity contribution < 1.29 is 13.2 Å². The molecule has 0 aliphatic heterocycles. The second-order valence-electron chi connectivity index (χ2n) is 7.13. The van der Waals surface area contributed by atoms with E-state index in [-0.39, 0.29) is 23.7 Å². The van der Waals surface area contributed by atoms with Crippen LogP contribution in [0.5, 0.6) is 0 Å². The fraction of sp³-hybridized carbons (Fsp3) is 0.300. The Balaban J connectivity index is 1.67. The lowest BCUT2D eigenvalue weighted by Gasteiger charge is -2.10. The Morgan fingerprint density at radius 2 is 2.03 bits per heavy atom. The van der Waals surface area contributed by atoms with Crippen LogP contribution in [0.4, 0.5) is 19.1 Å². The van der Waals surface area contributed by atoms with E-state index >= 15 is 0 Å². The van der Waals surface area contributed by atoms with Crippen LogP contribution in [-0.2, 0) is 26.3 Å². The summed E-state index contributed by atoms with van der Waals surface area (Å²) in [6.45, 7) is 2.62. The molecule has 4 aromatic rings. The van der Waals surface area contributed by atoms with Crippen molar-refractivity contribution >= 4 is 17.1 Å². The van der Waals surface area contributed by atoms with Crippen molar-refractivity contribution in [3.8, 4) is 11.4 Å². The molecule has 8 nitrogen and oxygen atoms in total. The van der Waals surface area contributed by atoms with Gasteiger partial charge in [-0.2, -0.15) is 23.3 Å². The first-order chi connectivity index (χ1) is 14.8. The maximum Gasteiger partial charge on any atom is 0.416 e. The first kappa shape index (κ1) is 20.6. The number of aryl methyl sites for hydroxylation is 2. The maximum absolute atomic E-state index is 12.9. The summed E-state index contributed by atoms with van der Waals surface area (Å²) in [7, 11) is 1.79. The predicted molar refractivity (Wildman–Crippen MR) is 109 cm³/mol. The zero-order chi connectivity index (χ0) is 22.2. The highest BCUT2D eigenvalue weighted by atomic mass is 19.4. The Kier molecular flexibility index (Phi) is 5.25. The number of aromatic nitrogens is 6. The molecule has 0 saturated carbocycles. The Bertz CT molecular complexity index is 1290. The standard InChI is InChI=1S/C20H20F3N7O/c1-3-7-30-15-16(26-17(30)13-10-25-29(2)11-13)27-19(28-18(15)31)24-9-12-5-4-6-14(8-12)20(21,22)23/h4-6,8,10-11H,3,7,9H2,1-2H3,(H2,24,27,28,31). The van der Waals surface area contributed by atoms with E-state index in [2.05, 4.69) is 25.4 Å². The lowest BCUT2D eigenvalue weighted by molar-refractivity contribution is -0.137. The third kappa shape index (κ3) is 4.16. The Morgan fingerprint density at radius 3 is 2.71 bits per heavy atom. The van der Waals surface area contributed by atoms with Crippen LogP contribution in [0, 0.1) is 0 Å². The van der Waals surface area contributed by atoms with Crippen molar-refractivity contribution in [2.45, 2.75) is 32.6 Å². The molecule has 0 radical (unpaired) electrons. The molecule has 2 N–H and O–H groups in total. The van der Waals surface area contributed by atoms with Crippen molar-refractivity contribution in [3.63, 3.8) is 0 Å². The van der Waals surface area contributed by atoms with Gasteiger partial charge in [-0.05, 0) is 24.1 Å². The number of nitrogens with one attached hydrogen (secondary N) is 2. The fourth-order valence-corrected chi connectivity index (χ4v) is 3.37. The minimum Gasteiger partial charge on any atom is -0.352 e. The quantitative estimate of drug-likeness (QED) is 0.487. The molecule has 0 saturated heterocycles. The van der Waals surface area contributed by atoms with Crippen molar-refractivity contribution in [2.75, 3.05) is 5.32 Å². The van der Waals surface area contributed by atoms with Gasteiger partial charge in [-0.3, -0.25) is 14.5 Å². The number of hydrogen-bond acceptors (Lipinski definition) is 5. The minimum absolute atomic E-state index is 0.0590. The van der Waals surface area contributed by atoms with Crippen LogP contribution in [0.3, 0.4) is 0 Å². The number of nitrogens with zero attached hydrogens (tertiary/aromatic N) is 5. The summed E-state index contributed by atoms with van der Waals surface area (Å²) in [5.74, 6) is 0.715. The molecule has 0 aliphatic carbocycles. The van der Waals surface area contributed by atoms with Gasteiger partial charge in [-0.25, -0.2) is 4.98 Å². The Hall–Kier alpha value is -3.63. The molecule has 0 spiro atoms. The van der Waals surface area contributed by atoms with Gasteiger partial charge >= 0.3 is 6.18 Å². The molecular weight excluding hydrogens is 411 g/mol. The van der Waals surface area contributed by atoms with Crippen LogP contribution in [0.25, 0.3) is 22.6 Å². The van der Waals surface area contributed by atoms with E-state index in [0.717, 1.165) is 24.1 Å². The third-order valence-corrected chi connectivity index (χ3v) is 4.74. The molecule has 0 amide bonds.